The van der Waals surface area contributed by atoms with E-state index in [0.717, 1.165) is 22.2 Å². The van der Waals surface area contributed by atoms with E-state index >= 15 is 0 Å². The Kier molecular flexibility index (Phi) is 7.74. The molecular formula is C17H19ClKN3O. The van der Waals surface area contributed by atoms with Gasteiger partial charge in [-0.3, -0.25) is 9.66 Å². The van der Waals surface area contributed by atoms with Crippen molar-refractivity contribution in [3.8, 4) is 11.3 Å². The number of benzene rings is 1. The van der Waals surface area contributed by atoms with Gasteiger partial charge in [0.1, 0.15) is 0 Å². The summed E-state index contributed by atoms with van der Waals surface area (Å²) in [5.74, 6) is 6.07. The molecule has 0 atom stereocenters. The number of rotatable bonds is 1. The number of fused-ring (bicyclic) bond motifs is 1. The molecule has 3 rings (SSSR count). The fraction of sp³-hybridized carbons (Fsp3) is 0.235. The number of nitrogens with two attached hydrogens (primary N) is 1. The van der Waals surface area contributed by atoms with E-state index < -0.39 is 5.60 Å². The van der Waals surface area contributed by atoms with Crippen molar-refractivity contribution in [1.82, 2.24) is 9.66 Å². The van der Waals surface area contributed by atoms with Crippen molar-refractivity contribution in [2.24, 2.45) is 0 Å². The quantitative estimate of drug-likeness (QED) is 0.501. The zero-order chi connectivity index (χ0) is 16.3. The van der Waals surface area contributed by atoms with E-state index in [1.165, 1.54) is 0 Å². The number of hydrogen-bond donors (Lipinski definition) is 1. The molecule has 116 valence electrons. The number of pyridine rings is 1. The Balaban J connectivity index is 0.000000390. The molecule has 1 aromatic carbocycles. The van der Waals surface area contributed by atoms with Gasteiger partial charge in [-0.1, -0.05) is 50.6 Å². The SMILES string of the molecule is CC(C)(C)[O-].Nn1c(-c2cncc(Cl)c2)cc2ccccc21.[K+]. The van der Waals surface area contributed by atoms with Crippen molar-refractivity contribution in [3.05, 3.63) is 53.8 Å². The first kappa shape index (κ1) is 20.6. The summed E-state index contributed by atoms with van der Waals surface area (Å²) in [5, 5.41) is 11.8. The van der Waals surface area contributed by atoms with Crippen LogP contribution >= 0.6 is 11.6 Å². The third-order valence-electron chi connectivity index (χ3n) is 2.75. The Morgan fingerprint density at radius 1 is 1.13 bits per heavy atom. The summed E-state index contributed by atoms with van der Waals surface area (Å²) in [6.45, 7) is 4.90. The van der Waals surface area contributed by atoms with Crippen LogP contribution in [0.5, 0.6) is 0 Å². The van der Waals surface area contributed by atoms with Crippen molar-refractivity contribution in [3.63, 3.8) is 0 Å². The predicted molar refractivity (Wildman–Crippen MR) is 90.1 cm³/mol. The van der Waals surface area contributed by atoms with Crippen molar-refractivity contribution in [2.75, 3.05) is 5.84 Å². The van der Waals surface area contributed by atoms with Gasteiger partial charge in [0.05, 0.1) is 16.2 Å². The van der Waals surface area contributed by atoms with Crippen LogP contribution in [0.1, 0.15) is 20.8 Å². The van der Waals surface area contributed by atoms with Gasteiger partial charge in [-0.25, -0.2) is 0 Å². The van der Waals surface area contributed by atoms with Gasteiger partial charge in [0, 0.05) is 23.3 Å². The van der Waals surface area contributed by atoms with Gasteiger partial charge in [-0.2, -0.15) is 0 Å². The van der Waals surface area contributed by atoms with E-state index in [-0.39, 0.29) is 51.4 Å². The minimum Gasteiger partial charge on any atom is -0.850 e. The molecule has 0 aliphatic rings. The topological polar surface area (TPSA) is 66.9 Å². The molecule has 0 saturated heterocycles. The van der Waals surface area contributed by atoms with Crippen LogP contribution in [0, 0.1) is 0 Å². The van der Waals surface area contributed by atoms with E-state index in [0.29, 0.717) is 5.02 Å². The summed E-state index contributed by atoms with van der Waals surface area (Å²) in [7, 11) is 0. The maximum atomic E-state index is 10.1. The largest absolute Gasteiger partial charge is 1.00 e. The zero-order valence-corrected chi connectivity index (χ0v) is 17.8. The van der Waals surface area contributed by atoms with Crippen LogP contribution in [-0.4, -0.2) is 15.3 Å². The van der Waals surface area contributed by atoms with E-state index in [4.69, 9.17) is 17.4 Å². The van der Waals surface area contributed by atoms with Gasteiger partial charge in [-0.15, -0.1) is 5.60 Å². The van der Waals surface area contributed by atoms with Gasteiger partial charge in [0.2, 0.25) is 0 Å². The number of halogens is 1. The molecule has 3 aromatic rings. The maximum absolute atomic E-state index is 10.1. The second-order valence-corrected chi connectivity index (χ2v) is 6.40. The fourth-order valence-corrected chi connectivity index (χ4v) is 2.12. The molecule has 4 nitrogen and oxygen atoms in total. The predicted octanol–water partition coefficient (Wildman–Crippen LogP) is 0.220. The average Bonchev–Trinajstić information content (AvgIpc) is 2.75. The van der Waals surface area contributed by atoms with E-state index in [2.05, 4.69) is 4.98 Å². The second kappa shape index (κ2) is 8.62. The van der Waals surface area contributed by atoms with Crippen molar-refractivity contribution in [2.45, 2.75) is 26.4 Å². The van der Waals surface area contributed by atoms with E-state index in [9.17, 15) is 5.11 Å². The first-order valence-corrected chi connectivity index (χ1v) is 7.30. The Morgan fingerprint density at radius 2 is 1.74 bits per heavy atom. The molecule has 0 radical (unpaired) electrons. The maximum Gasteiger partial charge on any atom is 1.00 e. The second-order valence-electron chi connectivity index (χ2n) is 5.96. The molecule has 23 heavy (non-hydrogen) atoms. The van der Waals surface area contributed by atoms with Crippen LogP contribution in [0.25, 0.3) is 22.2 Å². The Bertz CT molecular complexity index is 775. The molecule has 0 unspecified atom stereocenters. The van der Waals surface area contributed by atoms with Gasteiger partial charge in [0.15, 0.2) is 0 Å². The van der Waals surface area contributed by atoms with Crippen molar-refractivity contribution >= 4 is 22.5 Å². The van der Waals surface area contributed by atoms with Gasteiger partial charge >= 0.3 is 51.4 Å². The summed E-state index contributed by atoms with van der Waals surface area (Å²) < 4.78 is 1.66. The zero-order valence-electron chi connectivity index (χ0n) is 13.9. The Labute approximate surface area is 184 Å². The third kappa shape index (κ3) is 6.19. The molecule has 6 heteroatoms. The summed E-state index contributed by atoms with van der Waals surface area (Å²) in [5.41, 5.74) is 2.06. The van der Waals surface area contributed by atoms with Crippen molar-refractivity contribution < 1.29 is 56.5 Å². The summed E-state index contributed by atoms with van der Waals surface area (Å²) >= 11 is 5.93. The number of nitrogens with zero attached hydrogens (tertiary/aromatic N) is 2. The third-order valence-corrected chi connectivity index (χ3v) is 2.96. The molecule has 0 aliphatic heterocycles. The van der Waals surface area contributed by atoms with E-state index in [1.54, 1.807) is 37.8 Å². The number of hydrogen-bond acceptors (Lipinski definition) is 3. The normalized spacial score (nSPS) is 10.7. The van der Waals surface area contributed by atoms with Crippen LogP contribution < -0.4 is 62.3 Å². The van der Waals surface area contributed by atoms with Crippen LogP contribution in [0.3, 0.4) is 0 Å². The molecule has 0 aliphatic carbocycles. The molecular weight excluding hydrogens is 337 g/mol. The van der Waals surface area contributed by atoms with Crippen LogP contribution in [0.4, 0.5) is 0 Å². The molecule has 2 heterocycles. The standard InChI is InChI=1S/C13H10ClN3.C4H9O.K/c14-11-5-10(7-16-8-11)13-6-9-3-1-2-4-12(9)17(13)15;1-4(2,3)5;/h1-8H,15H2;1-3H3;/q;-1;+1. The average molecular weight is 356 g/mol. The molecule has 2 aromatic heterocycles. The Hall–Kier alpha value is -0.404. The van der Waals surface area contributed by atoms with Crippen LogP contribution in [0.15, 0.2) is 48.8 Å². The molecule has 0 bridgehead atoms. The summed E-state index contributed by atoms with van der Waals surface area (Å²) in [6.07, 6.45) is 3.36. The number of nitrogen functional groups attached to an aromatic ring is 1. The van der Waals surface area contributed by atoms with Gasteiger partial charge in [0.25, 0.3) is 0 Å². The molecule has 0 fully saturated rings. The summed E-state index contributed by atoms with van der Waals surface area (Å²) in [6, 6.07) is 11.8. The van der Waals surface area contributed by atoms with Crippen LogP contribution in [-0.2, 0) is 0 Å². The number of para-hydroxylation sites is 1. The monoisotopic (exact) mass is 355 g/mol. The fourth-order valence-electron chi connectivity index (χ4n) is 1.95. The van der Waals surface area contributed by atoms with E-state index in [1.807, 2.05) is 36.4 Å². The summed E-state index contributed by atoms with van der Waals surface area (Å²) in [4.78, 5) is 4.07. The van der Waals surface area contributed by atoms with Gasteiger partial charge < -0.3 is 10.9 Å². The van der Waals surface area contributed by atoms with Crippen LogP contribution in [0.2, 0.25) is 5.02 Å². The molecule has 0 amide bonds. The Morgan fingerprint density at radius 3 is 2.30 bits per heavy atom. The number of aromatic nitrogens is 2. The minimum atomic E-state index is -0.750. The smallest absolute Gasteiger partial charge is 0.850 e. The molecule has 2 N–H and O–H groups in total. The molecule has 0 saturated carbocycles. The van der Waals surface area contributed by atoms with Gasteiger partial charge in [-0.05, 0) is 18.2 Å². The minimum absolute atomic E-state index is 0. The first-order chi connectivity index (χ1) is 10.3. The molecule has 0 spiro atoms. The van der Waals surface area contributed by atoms with Crippen molar-refractivity contribution in [1.29, 1.82) is 0 Å². The first-order valence-electron chi connectivity index (χ1n) is 6.92.